The highest BCUT2D eigenvalue weighted by molar-refractivity contribution is 7.89. The van der Waals surface area contributed by atoms with Crippen LogP contribution in [-0.2, 0) is 21.9 Å². The Morgan fingerprint density at radius 2 is 2.17 bits per heavy atom. The summed E-state index contributed by atoms with van der Waals surface area (Å²) in [5, 5.41) is 8.65. The van der Waals surface area contributed by atoms with E-state index in [9.17, 15) is 13.2 Å². The molecule has 1 aromatic rings. The molecule has 18 heavy (non-hydrogen) atoms. The number of aryl methyl sites for hydroxylation is 1. The Labute approximate surface area is 106 Å². The molecule has 0 aliphatic rings. The first-order chi connectivity index (χ1) is 8.23. The lowest BCUT2D eigenvalue weighted by atomic mass is 10.2. The van der Waals surface area contributed by atoms with E-state index in [1.807, 2.05) is 13.8 Å². The van der Waals surface area contributed by atoms with Crippen LogP contribution in [0, 0.1) is 5.92 Å². The predicted molar refractivity (Wildman–Crippen MR) is 64.4 cm³/mol. The van der Waals surface area contributed by atoms with Crippen LogP contribution in [0.15, 0.2) is 17.6 Å². The number of carboxylic acid groups (broad SMARTS) is 1. The molecule has 0 fully saturated rings. The molecule has 1 rings (SSSR count). The van der Waals surface area contributed by atoms with Crippen LogP contribution in [-0.4, -0.2) is 46.4 Å². The predicted octanol–water partition coefficient (Wildman–Crippen LogP) is 0.151. The van der Waals surface area contributed by atoms with Gasteiger partial charge in [0.05, 0.1) is 6.33 Å². The van der Waals surface area contributed by atoms with E-state index >= 15 is 0 Å². The van der Waals surface area contributed by atoms with Gasteiger partial charge in [0, 0.05) is 19.8 Å². The second kappa shape index (κ2) is 5.49. The fourth-order valence-corrected chi connectivity index (χ4v) is 2.98. The van der Waals surface area contributed by atoms with E-state index in [0.29, 0.717) is 0 Å². The summed E-state index contributed by atoms with van der Waals surface area (Å²) in [6.45, 7) is 3.23. The van der Waals surface area contributed by atoms with Gasteiger partial charge in [0.2, 0.25) is 0 Å². The maximum atomic E-state index is 12.2. The first kappa shape index (κ1) is 14.7. The monoisotopic (exact) mass is 275 g/mol. The van der Waals surface area contributed by atoms with Gasteiger partial charge in [0.25, 0.3) is 10.0 Å². The summed E-state index contributed by atoms with van der Waals surface area (Å²) < 4.78 is 26.8. The third-order valence-corrected chi connectivity index (χ3v) is 3.86. The van der Waals surface area contributed by atoms with Crippen LogP contribution in [0.4, 0.5) is 0 Å². The molecular weight excluding hydrogens is 258 g/mol. The van der Waals surface area contributed by atoms with Crippen molar-refractivity contribution in [3.8, 4) is 0 Å². The van der Waals surface area contributed by atoms with Gasteiger partial charge in [-0.2, -0.15) is 4.31 Å². The number of hydrogen-bond acceptors (Lipinski definition) is 4. The highest BCUT2D eigenvalue weighted by Gasteiger charge is 2.28. The number of sulfonamides is 1. The Morgan fingerprint density at radius 3 is 2.56 bits per heavy atom. The normalized spacial score (nSPS) is 12.3. The maximum absolute atomic E-state index is 12.2. The van der Waals surface area contributed by atoms with Crippen molar-refractivity contribution in [1.29, 1.82) is 0 Å². The van der Waals surface area contributed by atoms with E-state index in [0.717, 1.165) is 4.31 Å². The molecule has 0 amide bonds. The highest BCUT2D eigenvalue weighted by atomic mass is 32.2. The zero-order valence-electron chi connectivity index (χ0n) is 10.6. The molecule has 0 bridgehead atoms. The maximum Gasteiger partial charge on any atom is 0.318 e. The number of nitrogens with zero attached hydrogens (tertiary/aromatic N) is 3. The number of aliphatic carboxylic acids is 1. The summed E-state index contributed by atoms with van der Waals surface area (Å²) in [6, 6.07) is 0. The zero-order chi connectivity index (χ0) is 13.9. The van der Waals surface area contributed by atoms with E-state index < -0.39 is 22.5 Å². The largest absolute Gasteiger partial charge is 0.480 e. The minimum Gasteiger partial charge on any atom is -0.480 e. The Bertz CT molecular complexity index is 521. The van der Waals surface area contributed by atoms with Crippen molar-refractivity contribution in [2.75, 3.05) is 13.1 Å². The summed E-state index contributed by atoms with van der Waals surface area (Å²) in [5.41, 5.74) is 0. The van der Waals surface area contributed by atoms with Gasteiger partial charge in [0.15, 0.2) is 5.03 Å². The summed E-state index contributed by atoms with van der Waals surface area (Å²) in [4.78, 5) is 14.5. The first-order valence-electron chi connectivity index (χ1n) is 5.43. The van der Waals surface area contributed by atoms with E-state index in [1.54, 1.807) is 7.05 Å². The Hall–Kier alpha value is -1.41. The molecule has 1 N–H and O–H groups in total. The van der Waals surface area contributed by atoms with Crippen LogP contribution >= 0.6 is 0 Å². The molecule has 8 heteroatoms. The van der Waals surface area contributed by atoms with Crippen molar-refractivity contribution in [3.63, 3.8) is 0 Å². The van der Waals surface area contributed by atoms with Crippen LogP contribution < -0.4 is 0 Å². The number of carboxylic acids is 1. The minimum absolute atomic E-state index is 0.0304. The molecule has 0 atom stereocenters. The molecule has 1 heterocycles. The van der Waals surface area contributed by atoms with Crippen molar-refractivity contribution in [2.45, 2.75) is 18.9 Å². The molecule has 0 spiro atoms. The molecule has 0 aliphatic heterocycles. The average Bonchev–Trinajstić information content (AvgIpc) is 2.63. The third-order valence-electron chi connectivity index (χ3n) is 2.17. The summed E-state index contributed by atoms with van der Waals surface area (Å²) in [7, 11) is -2.20. The van der Waals surface area contributed by atoms with Crippen molar-refractivity contribution in [1.82, 2.24) is 13.9 Å². The second-order valence-corrected chi connectivity index (χ2v) is 6.35. The Morgan fingerprint density at radius 1 is 1.56 bits per heavy atom. The fraction of sp³-hybridized carbons (Fsp3) is 0.600. The van der Waals surface area contributed by atoms with Crippen LogP contribution in [0.3, 0.4) is 0 Å². The lowest BCUT2D eigenvalue weighted by Gasteiger charge is -2.20. The van der Waals surface area contributed by atoms with Gasteiger partial charge in [-0.25, -0.2) is 13.4 Å². The van der Waals surface area contributed by atoms with Crippen molar-refractivity contribution in [2.24, 2.45) is 13.0 Å². The number of imidazole rings is 1. The molecule has 0 aliphatic carbocycles. The molecule has 0 unspecified atom stereocenters. The topological polar surface area (TPSA) is 92.5 Å². The Kier molecular flexibility index (Phi) is 4.47. The summed E-state index contributed by atoms with van der Waals surface area (Å²) >= 11 is 0. The number of carbonyl (C=O) groups is 1. The molecule has 1 aromatic heterocycles. The highest BCUT2D eigenvalue weighted by Crippen LogP contribution is 2.14. The van der Waals surface area contributed by atoms with Gasteiger partial charge in [0.1, 0.15) is 6.54 Å². The van der Waals surface area contributed by atoms with Gasteiger partial charge >= 0.3 is 5.97 Å². The zero-order valence-corrected chi connectivity index (χ0v) is 11.4. The van der Waals surface area contributed by atoms with Gasteiger partial charge in [-0.15, -0.1) is 0 Å². The first-order valence-corrected chi connectivity index (χ1v) is 6.87. The Balaban J connectivity index is 3.06. The van der Waals surface area contributed by atoms with Crippen LogP contribution in [0.5, 0.6) is 0 Å². The molecule has 0 radical (unpaired) electrons. The molecular formula is C10H17N3O4S. The van der Waals surface area contributed by atoms with E-state index in [1.165, 1.54) is 17.1 Å². The molecule has 7 nitrogen and oxygen atoms in total. The van der Waals surface area contributed by atoms with Crippen LogP contribution in [0.2, 0.25) is 0 Å². The smallest absolute Gasteiger partial charge is 0.318 e. The van der Waals surface area contributed by atoms with E-state index in [4.69, 9.17) is 5.11 Å². The van der Waals surface area contributed by atoms with Gasteiger partial charge in [-0.1, -0.05) is 13.8 Å². The van der Waals surface area contributed by atoms with Crippen LogP contribution in [0.25, 0.3) is 0 Å². The van der Waals surface area contributed by atoms with Gasteiger partial charge < -0.3 is 9.67 Å². The van der Waals surface area contributed by atoms with Crippen LogP contribution in [0.1, 0.15) is 13.8 Å². The lowest BCUT2D eigenvalue weighted by molar-refractivity contribution is -0.137. The standard InChI is InChI=1S/C10H17N3O4S/c1-8(2)4-13(6-10(14)15)18(16,17)9-5-12(3)7-11-9/h5,7-8H,4,6H2,1-3H3,(H,14,15). The van der Waals surface area contributed by atoms with E-state index in [-0.39, 0.29) is 17.5 Å². The van der Waals surface area contributed by atoms with E-state index in [2.05, 4.69) is 4.98 Å². The second-order valence-electron chi connectivity index (χ2n) is 4.46. The van der Waals surface area contributed by atoms with Gasteiger partial charge in [-0.3, -0.25) is 4.79 Å². The lowest BCUT2D eigenvalue weighted by Crippen LogP contribution is -2.38. The van der Waals surface area contributed by atoms with Gasteiger partial charge in [-0.05, 0) is 5.92 Å². The van der Waals surface area contributed by atoms with Crippen molar-refractivity contribution >= 4 is 16.0 Å². The quantitative estimate of drug-likeness (QED) is 0.798. The average molecular weight is 275 g/mol. The number of aromatic nitrogens is 2. The van der Waals surface area contributed by atoms with Crippen molar-refractivity contribution in [3.05, 3.63) is 12.5 Å². The molecule has 0 saturated carbocycles. The minimum atomic E-state index is -3.85. The summed E-state index contributed by atoms with van der Waals surface area (Å²) in [6.07, 6.45) is 2.71. The fourth-order valence-electron chi connectivity index (χ4n) is 1.46. The van der Waals surface area contributed by atoms with Crippen molar-refractivity contribution < 1.29 is 18.3 Å². The SMILES string of the molecule is CC(C)CN(CC(=O)O)S(=O)(=O)c1cn(C)cn1. The third kappa shape index (κ3) is 3.54. The molecule has 0 saturated heterocycles. The molecule has 102 valence electrons. The number of rotatable bonds is 6. The summed E-state index contributed by atoms with van der Waals surface area (Å²) in [5.74, 6) is -1.15. The molecule has 0 aromatic carbocycles. The number of hydrogen-bond donors (Lipinski definition) is 1.